The van der Waals surface area contributed by atoms with Crippen LogP contribution >= 0.6 is 0 Å². The van der Waals surface area contributed by atoms with Gasteiger partial charge in [-0.1, -0.05) is 18.2 Å². The lowest BCUT2D eigenvalue weighted by molar-refractivity contribution is -0.385. The van der Waals surface area contributed by atoms with Crippen LogP contribution in [-0.4, -0.2) is 27.3 Å². The molecule has 22 heavy (non-hydrogen) atoms. The van der Waals surface area contributed by atoms with Crippen molar-refractivity contribution >= 4 is 23.2 Å². The number of nitrogens with zero attached hydrogens (tertiary/aromatic N) is 3. The Kier molecular flexibility index (Phi) is 4.62. The third-order valence-electron chi connectivity index (χ3n) is 3.00. The second-order valence-corrected chi connectivity index (χ2v) is 4.69. The van der Waals surface area contributed by atoms with Crippen molar-refractivity contribution in [2.75, 3.05) is 17.2 Å². The quantitative estimate of drug-likeness (QED) is 0.646. The molecule has 2 rings (SSSR count). The van der Waals surface area contributed by atoms with Gasteiger partial charge in [-0.3, -0.25) is 14.9 Å². The van der Waals surface area contributed by atoms with Crippen LogP contribution < -0.4 is 10.6 Å². The zero-order chi connectivity index (χ0) is 16.1. The minimum atomic E-state index is -0.586. The largest absolute Gasteiger partial charge is 0.345 e. The first-order valence-electron chi connectivity index (χ1n) is 6.53. The molecule has 8 heteroatoms. The first kappa shape index (κ1) is 15.4. The van der Waals surface area contributed by atoms with Gasteiger partial charge < -0.3 is 10.6 Å². The highest BCUT2D eigenvalue weighted by Gasteiger charge is 2.09. The van der Waals surface area contributed by atoms with E-state index >= 15 is 0 Å². The summed E-state index contributed by atoms with van der Waals surface area (Å²) in [4.78, 5) is 29.4. The first-order valence-corrected chi connectivity index (χ1v) is 6.53. The number of anilines is 2. The van der Waals surface area contributed by atoms with Crippen LogP contribution in [0.1, 0.15) is 11.1 Å². The van der Waals surface area contributed by atoms with Gasteiger partial charge in [0.05, 0.1) is 11.5 Å². The minimum Gasteiger partial charge on any atom is -0.345 e. The maximum Gasteiger partial charge on any atom is 0.305 e. The number of amides is 1. The number of aryl methyl sites for hydroxylation is 2. The van der Waals surface area contributed by atoms with Crippen molar-refractivity contribution in [3.63, 3.8) is 0 Å². The second-order valence-electron chi connectivity index (χ2n) is 4.69. The van der Waals surface area contributed by atoms with Crippen LogP contribution in [-0.2, 0) is 4.79 Å². The van der Waals surface area contributed by atoms with E-state index in [9.17, 15) is 14.9 Å². The molecule has 0 spiro atoms. The number of carbonyl (C=O) groups excluding carboxylic acids is 1. The smallest absolute Gasteiger partial charge is 0.305 e. The molecule has 0 aliphatic heterocycles. The number of carbonyl (C=O) groups is 1. The molecule has 0 saturated carbocycles. The zero-order valence-electron chi connectivity index (χ0n) is 12.2. The third kappa shape index (κ3) is 3.75. The Labute approximate surface area is 126 Å². The van der Waals surface area contributed by atoms with Gasteiger partial charge in [-0.05, 0) is 25.0 Å². The molecule has 0 aliphatic carbocycles. The molecule has 2 aromatic rings. The van der Waals surface area contributed by atoms with Crippen molar-refractivity contribution in [3.05, 3.63) is 51.8 Å². The molecule has 1 aromatic carbocycles. The predicted molar refractivity (Wildman–Crippen MR) is 81.7 cm³/mol. The van der Waals surface area contributed by atoms with E-state index in [4.69, 9.17) is 0 Å². The number of hydrogen-bond donors (Lipinski definition) is 2. The molecule has 0 radical (unpaired) electrons. The molecule has 0 aliphatic rings. The van der Waals surface area contributed by atoms with E-state index in [0.717, 1.165) is 29.2 Å². The normalized spacial score (nSPS) is 10.1. The van der Waals surface area contributed by atoms with Gasteiger partial charge in [0.1, 0.15) is 12.4 Å². The Hall–Kier alpha value is -3.03. The van der Waals surface area contributed by atoms with Gasteiger partial charge >= 0.3 is 5.69 Å². The summed E-state index contributed by atoms with van der Waals surface area (Å²) in [6.07, 6.45) is 2.16. The van der Waals surface area contributed by atoms with E-state index < -0.39 is 4.92 Å². The molecule has 0 atom stereocenters. The van der Waals surface area contributed by atoms with Gasteiger partial charge in [0.25, 0.3) is 0 Å². The van der Waals surface area contributed by atoms with Gasteiger partial charge in [0.15, 0.2) is 0 Å². The standard InChI is InChI=1S/C14H15N5O3/c1-9-4-3-5-10(2)13(9)18-12(20)8-17-14-15-6-11(7-16-14)19(21)22/h3-7H,8H2,1-2H3,(H,18,20)(H,15,16,17). The first-order chi connectivity index (χ1) is 10.5. The highest BCUT2D eigenvalue weighted by molar-refractivity contribution is 5.94. The molecule has 2 N–H and O–H groups in total. The molecule has 0 bridgehead atoms. The summed E-state index contributed by atoms with van der Waals surface area (Å²) in [7, 11) is 0. The van der Waals surface area contributed by atoms with Crippen molar-refractivity contribution in [2.24, 2.45) is 0 Å². The average Bonchev–Trinajstić information content (AvgIpc) is 2.49. The Morgan fingerprint density at radius 2 is 1.82 bits per heavy atom. The topological polar surface area (TPSA) is 110 Å². The lowest BCUT2D eigenvalue weighted by Crippen LogP contribution is -2.23. The number of benzene rings is 1. The van der Waals surface area contributed by atoms with Crippen LogP contribution in [0.3, 0.4) is 0 Å². The van der Waals surface area contributed by atoms with E-state index in [1.165, 1.54) is 0 Å². The predicted octanol–water partition coefficient (Wildman–Crippen LogP) is 2.05. The van der Waals surface area contributed by atoms with Gasteiger partial charge in [-0.25, -0.2) is 9.97 Å². The number of aromatic nitrogens is 2. The lowest BCUT2D eigenvalue weighted by Gasteiger charge is -2.11. The van der Waals surface area contributed by atoms with Gasteiger partial charge in [0, 0.05) is 5.69 Å². The Morgan fingerprint density at radius 1 is 1.23 bits per heavy atom. The average molecular weight is 301 g/mol. The number of hydrogen-bond acceptors (Lipinski definition) is 6. The second kappa shape index (κ2) is 6.61. The SMILES string of the molecule is Cc1cccc(C)c1NC(=O)CNc1ncc([N+](=O)[O-])cn1. The minimum absolute atomic E-state index is 0.0361. The molecule has 114 valence electrons. The third-order valence-corrected chi connectivity index (χ3v) is 3.00. The van der Waals surface area contributed by atoms with Crippen LogP contribution in [0.25, 0.3) is 0 Å². The molecule has 0 unspecified atom stereocenters. The van der Waals surface area contributed by atoms with Crippen molar-refractivity contribution in [3.8, 4) is 0 Å². The van der Waals surface area contributed by atoms with Crippen molar-refractivity contribution in [1.82, 2.24) is 9.97 Å². The van der Waals surface area contributed by atoms with Crippen molar-refractivity contribution in [1.29, 1.82) is 0 Å². The maximum absolute atomic E-state index is 11.9. The van der Waals surface area contributed by atoms with Crippen LogP contribution in [0.4, 0.5) is 17.3 Å². The maximum atomic E-state index is 11.9. The molecule has 0 saturated heterocycles. The van der Waals surface area contributed by atoms with Crippen LogP contribution in [0.5, 0.6) is 0 Å². The number of nitrogens with one attached hydrogen (secondary N) is 2. The van der Waals surface area contributed by atoms with Crippen molar-refractivity contribution in [2.45, 2.75) is 13.8 Å². The number of para-hydroxylation sites is 1. The Bertz CT molecular complexity index is 680. The summed E-state index contributed by atoms with van der Waals surface area (Å²) in [5.74, 6) is -0.0957. The van der Waals surface area contributed by atoms with Crippen LogP contribution in [0.15, 0.2) is 30.6 Å². The summed E-state index contributed by atoms with van der Waals surface area (Å²) >= 11 is 0. The summed E-state index contributed by atoms with van der Waals surface area (Å²) in [6.45, 7) is 3.79. The number of nitro groups is 1. The highest BCUT2D eigenvalue weighted by Crippen LogP contribution is 2.19. The van der Waals surface area contributed by atoms with E-state index in [-0.39, 0.29) is 24.1 Å². The number of rotatable bonds is 5. The highest BCUT2D eigenvalue weighted by atomic mass is 16.6. The monoisotopic (exact) mass is 301 g/mol. The van der Waals surface area contributed by atoms with Crippen LogP contribution in [0.2, 0.25) is 0 Å². The van der Waals surface area contributed by atoms with E-state index in [1.807, 2.05) is 32.0 Å². The molecule has 1 heterocycles. The molecular weight excluding hydrogens is 286 g/mol. The summed E-state index contributed by atoms with van der Waals surface area (Å²) in [6, 6.07) is 5.74. The van der Waals surface area contributed by atoms with Gasteiger partial charge in [-0.15, -0.1) is 0 Å². The zero-order valence-corrected chi connectivity index (χ0v) is 12.2. The fourth-order valence-corrected chi connectivity index (χ4v) is 1.86. The fraction of sp³-hybridized carbons (Fsp3) is 0.214. The molecule has 8 nitrogen and oxygen atoms in total. The summed E-state index contributed by atoms with van der Waals surface area (Å²) in [5.41, 5.74) is 2.52. The summed E-state index contributed by atoms with van der Waals surface area (Å²) < 4.78 is 0. The van der Waals surface area contributed by atoms with E-state index in [1.54, 1.807) is 0 Å². The Balaban J connectivity index is 1.94. The van der Waals surface area contributed by atoms with Gasteiger partial charge in [0.2, 0.25) is 11.9 Å². The lowest BCUT2D eigenvalue weighted by atomic mass is 10.1. The summed E-state index contributed by atoms with van der Waals surface area (Å²) in [5, 5.41) is 16.0. The fourth-order valence-electron chi connectivity index (χ4n) is 1.86. The molecule has 1 aromatic heterocycles. The molecule has 1 amide bonds. The van der Waals surface area contributed by atoms with E-state index in [0.29, 0.717) is 0 Å². The molecular formula is C14H15N5O3. The molecule has 0 fully saturated rings. The van der Waals surface area contributed by atoms with Crippen LogP contribution in [0, 0.1) is 24.0 Å². The van der Waals surface area contributed by atoms with Crippen molar-refractivity contribution < 1.29 is 9.72 Å². The van der Waals surface area contributed by atoms with Gasteiger partial charge in [-0.2, -0.15) is 0 Å². The van der Waals surface area contributed by atoms with E-state index in [2.05, 4.69) is 20.6 Å². The Morgan fingerprint density at radius 3 is 2.36 bits per heavy atom.